The highest BCUT2D eigenvalue weighted by atomic mass is 16.3. The van der Waals surface area contributed by atoms with E-state index >= 15 is 0 Å². The van der Waals surface area contributed by atoms with Crippen molar-refractivity contribution in [3.63, 3.8) is 0 Å². The number of para-hydroxylation sites is 4. The van der Waals surface area contributed by atoms with Crippen molar-refractivity contribution in [3.05, 3.63) is 127 Å². The van der Waals surface area contributed by atoms with Gasteiger partial charge in [0.15, 0.2) is 5.58 Å². The van der Waals surface area contributed by atoms with Crippen LogP contribution >= 0.6 is 0 Å². The maximum Gasteiger partial charge on any atom is 0.332 e. The Balaban J connectivity index is 1.40. The summed E-state index contributed by atoms with van der Waals surface area (Å²) in [6.07, 6.45) is 0. The van der Waals surface area contributed by atoms with Crippen molar-refractivity contribution in [1.82, 2.24) is 9.05 Å². The number of benzene rings is 6. The molecule has 0 radical (unpaired) electrons. The molecule has 10 rings (SSSR count). The monoisotopic (exact) mass is 564 g/mol. The van der Waals surface area contributed by atoms with Gasteiger partial charge in [0, 0.05) is 43.5 Å². The van der Waals surface area contributed by atoms with Crippen LogP contribution in [0.1, 0.15) is 26.3 Å². The third-order valence-electron chi connectivity index (χ3n) is 9.93. The summed E-state index contributed by atoms with van der Waals surface area (Å²) < 4.78 is 11.8. The summed E-state index contributed by atoms with van der Waals surface area (Å²) >= 11 is 0. The number of furan rings is 1. The Labute approximate surface area is 255 Å². The van der Waals surface area contributed by atoms with E-state index in [4.69, 9.17) is 4.42 Å². The number of aromatic nitrogens is 2. The number of fused-ring (bicyclic) bond motifs is 12. The fourth-order valence-corrected chi connectivity index (χ4v) is 7.93. The average Bonchev–Trinajstić information content (AvgIpc) is 3.70. The predicted octanol–water partition coefficient (Wildman–Crippen LogP) is 9.06. The fourth-order valence-electron chi connectivity index (χ4n) is 7.93. The van der Waals surface area contributed by atoms with Crippen molar-refractivity contribution in [1.29, 1.82) is 0 Å². The first-order valence-electron chi connectivity index (χ1n) is 15.5. The zero-order valence-electron chi connectivity index (χ0n) is 24.9. The van der Waals surface area contributed by atoms with Gasteiger partial charge >= 0.3 is 6.85 Å². The van der Waals surface area contributed by atoms with Crippen molar-refractivity contribution in [2.45, 2.75) is 26.2 Å². The van der Waals surface area contributed by atoms with E-state index in [9.17, 15) is 0 Å². The second-order valence-electron chi connectivity index (χ2n) is 13.3. The minimum Gasteiger partial charge on any atom is -0.454 e. The van der Waals surface area contributed by atoms with Crippen molar-refractivity contribution >= 4 is 83.3 Å². The Bertz CT molecular complexity index is 2660. The summed E-state index contributed by atoms with van der Waals surface area (Å²) in [6.45, 7) is 6.85. The molecule has 0 saturated heterocycles. The van der Waals surface area contributed by atoms with Crippen LogP contribution < -0.4 is 10.9 Å². The molecular weight excluding hydrogens is 535 g/mol. The topological polar surface area (TPSA) is 23.0 Å². The lowest BCUT2D eigenvalue weighted by molar-refractivity contribution is 0.591. The first-order valence-corrected chi connectivity index (χ1v) is 15.5. The molecule has 0 unspecified atom stereocenters. The lowest BCUT2D eigenvalue weighted by atomic mass is 9.48. The number of hydrogen-bond acceptors (Lipinski definition) is 1. The van der Waals surface area contributed by atoms with Gasteiger partial charge in [0.05, 0.1) is 16.6 Å². The maximum absolute atomic E-state index is 6.72. The predicted molar refractivity (Wildman–Crippen MR) is 187 cm³/mol. The SMILES string of the molecule is CC(C)(C)c1ccc2c3cccc4c3n(c2c1)-c1ccccc1B4n1c2ccccc2c2ccc3c4ccccc4oc3c21. The molecule has 0 amide bonds. The zero-order chi connectivity index (χ0) is 29.3. The molecule has 9 aromatic rings. The van der Waals surface area contributed by atoms with Crippen molar-refractivity contribution in [2.75, 3.05) is 0 Å². The molecule has 3 aromatic heterocycles. The van der Waals surface area contributed by atoms with E-state index in [2.05, 4.69) is 151 Å². The van der Waals surface area contributed by atoms with Crippen LogP contribution in [0, 0.1) is 0 Å². The molecular formula is C40H29BN2O. The molecule has 0 aliphatic carbocycles. The first-order chi connectivity index (χ1) is 21.5. The normalized spacial score (nSPS) is 13.3. The second kappa shape index (κ2) is 8.24. The van der Waals surface area contributed by atoms with Gasteiger partial charge in [-0.2, -0.15) is 0 Å². The Morgan fingerprint density at radius 2 is 1.20 bits per heavy atom. The third-order valence-corrected chi connectivity index (χ3v) is 9.93. The molecule has 208 valence electrons. The van der Waals surface area contributed by atoms with Crippen LogP contribution in [-0.4, -0.2) is 15.9 Å². The van der Waals surface area contributed by atoms with E-state index < -0.39 is 0 Å². The first kappa shape index (κ1) is 24.3. The highest BCUT2D eigenvalue weighted by Gasteiger charge is 2.36. The summed E-state index contributed by atoms with van der Waals surface area (Å²) in [7, 11) is 0. The molecule has 0 fully saturated rings. The summed E-state index contributed by atoms with van der Waals surface area (Å²) in [6, 6.07) is 44.7. The highest BCUT2D eigenvalue weighted by Crippen LogP contribution is 2.41. The summed E-state index contributed by atoms with van der Waals surface area (Å²) in [4.78, 5) is 0. The number of hydrogen-bond donors (Lipinski definition) is 0. The van der Waals surface area contributed by atoms with Crippen LogP contribution in [-0.2, 0) is 5.41 Å². The second-order valence-corrected chi connectivity index (χ2v) is 13.3. The maximum atomic E-state index is 6.72. The van der Waals surface area contributed by atoms with Crippen LogP contribution in [0.4, 0.5) is 0 Å². The van der Waals surface area contributed by atoms with Crippen LogP contribution in [0.25, 0.3) is 71.2 Å². The molecule has 1 aliphatic heterocycles. The summed E-state index contributed by atoms with van der Waals surface area (Å²) in [5.74, 6) is 0. The van der Waals surface area contributed by atoms with E-state index in [1.807, 2.05) is 0 Å². The Morgan fingerprint density at radius 3 is 2.09 bits per heavy atom. The fraction of sp³-hybridized carbons (Fsp3) is 0.100. The van der Waals surface area contributed by atoms with Crippen molar-refractivity contribution < 1.29 is 4.42 Å². The van der Waals surface area contributed by atoms with Gasteiger partial charge in [-0.1, -0.05) is 112 Å². The summed E-state index contributed by atoms with van der Waals surface area (Å²) in [5, 5.41) is 7.37. The molecule has 0 atom stereocenters. The van der Waals surface area contributed by atoms with Gasteiger partial charge in [0.2, 0.25) is 0 Å². The molecule has 6 aromatic carbocycles. The van der Waals surface area contributed by atoms with Crippen LogP contribution in [0.5, 0.6) is 0 Å². The Morgan fingerprint density at radius 1 is 0.545 bits per heavy atom. The van der Waals surface area contributed by atoms with E-state index in [0.29, 0.717) is 0 Å². The van der Waals surface area contributed by atoms with E-state index in [1.165, 1.54) is 60.3 Å². The van der Waals surface area contributed by atoms with Crippen molar-refractivity contribution in [3.8, 4) is 5.69 Å². The quantitative estimate of drug-likeness (QED) is 0.183. The Kier molecular flexibility index (Phi) is 4.54. The van der Waals surface area contributed by atoms with Gasteiger partial charge in [0.25, 0.3) is 0 Å². The molecule has 4 heterocycles. The molecule has 44 heavy (non-hydrogen) atoms. The zero-order valence-corrected chi connectivity index (χ0v) is 24.9. The van der Waals surface area contributed by atoms with Crippen LogP contribution in [0.3, 0.4) is 0 Å². The molecule has 1 aliphatic rings. The van der Waals surface area contributed by atoms with Crippen molar-refractivity contribution in [2.24, 2.45) is 0 Å². The molecule has 4 heteroatoms. The third kappa shape index (κ3) is 2.98. The highest BCUT2D eigenvalue weighted by molar-refractivity contribution is 6.88. The van der Waals surface area contributed by atoms with Crippen LogP contribution in [0.2, 0.25) is 0 Å². The number of nitrogens with zero attached hydrogens (tertiary/aromatic N) is 2. The smallest absolute Gasteiger partial charge is 0.332 e. The molecule has 0 N–H and O–H groups in total. The minimum absolute atomic E-state index is 0.0324. The minimum atomic E-state index is -0.0324. The van der Waals surface area contributed by atoms with E-state index in [1.54, 1.807) is 0 Å². The summed E-state index contributed by atoms with van der Waals surface area (Å²) in [5.41, 5.74) is 12.1. The lowest BCUT2D eigenvalue weighted by Gasteiger charge is -2.28. The molecule has 0 bridgehead atoms. The largest absolute Gasteiger partial charge is 0.454 e. The lowest BCUT2D eigenvalue weighted by Crippen LogP contribution is -2.53. The molecule has 0 spiro atoms. The average molecular weight is 564 g/mol. The van der Waals surface area contributed by atoms with E-state index in [-0.39, 0.29) is 12.3 Å². The molecule has 0 saturated carbocycles. The van der Waals surface area contributed by atoms with Gasteiger partial charge in [-0.3, -0.25) is 0 Å². The van der Waals surface area contributed by atoms with E-state index in [0.717, 1.165) is 27.5 Å². The van der Waals surface area contributed by atoms with Gasteiger partial charge in [-0.25, -0.2) is 0 Å². The van der Waals surface area contributed by atoms with Gasteiger partial charge in [-0.05, 0) is 52.2 Å². The van der Waals surface area contributed by atoms with Gasteiger partial charge < -0.3 is 13.5 Å². The number of rotatable bonds is 1. The Hall–Kier alpha value is -5.22. The van der Waals surface area contributed by atoms with Crippen LogP contribution in [0.15, 0.2) is 126 Å². The van der Waals surface area contributed by atoms with Gasteiger partial charge in [-0.15, -0.1) is 0 Å². The van der Waals surface area contributed by atoms with Gasteiger partial charge in [0.1, 0.15) is 5.58 Å². The molecule has 3 nitrogen and oxygen atoms in total. The standard InChI is InChI=1S/C40H29BN2O/c1-40(2,3)24-19-20-26-28-13-10-15-32-37(28)42(35(26)23-24)34-17-8-6-14-31(34)41(32)43-33-16-7-4-11-25(33)29-21-22-30-27-12-5-9-18-36(27)44-39(30)38(29)43/h4-23H,1-3H3.